The third-order valence-electron chi connectivity index (χ3n) is 8.64. The minimum Gasteiger partial charge on any atom is -0.354 e. The summed E-state index contributed by atoms with van der Waals surface area (Å²) in [6, 6.07) is 27.9. The van der Waals surface area contributed by atoms with E-state index in [9.17, 15) is 14.4 Å². The molecule has 2 saturated heterocycles. The summed E-state index contributed by atoms with van der Waals surface area (Å²) in [5.41, 5.74) is 3.30. The Balaban J connectivity index is 1.23. The Morgan fingerprint density at radius 3 is 2.12 bits per heavy atom. The average molecular weight is 567 g/mol. The Morgan fingerprint density at radius 1 is 0.810 bits per heavy atom. The maximum atomic E-state index is 14.0. The third kappa shape index (κ3) is 6.67. The third-order valence-corrected chi connectivity index (χ3v) is 8.64. The van der Waals surface area contributed by atoms with Crippen LogP contribution in [0.15, 0.2) is 84.9 Å². The van der Waals surface area contributed by atoms with Crippen LogP contribution in [-0.4, -0.2) is 65.9 Å². The van der Waals surface area contributed by atoms with E-state index < -0.39 is 5.54 Å². The van der Waals surface area contributed by atoms with Crippen molar-refractivity contribution >= 4 is 23.4 Å². The zero-order valence-electron chi connectivity index (χ0n) is 24.6. The summed E-state index contributed by atoms with van der Waals surface area (Å²) in [5, 5.41) is 2.98. The van der Waals surface area contributed by atoms with Crippen LogP contribution in [0.5, 0.6) is 0 Å². The number of nitrogens with one attached hydrogen (secondary N) is 1. The number of carbonyl (C=O) groups is 3. The number of unbranched alkanes of at least 4 members (excludes halogenated alkanes) is 2. The summed E-state index contributed by atoms with van der Waals surface area (Å²) >= 11 is 0. The monoisotopic (exact) mass is 566 g/mol. The van der Waals surface area contributed by atoms with Crippen LogP contribution in [0.1, 0.15) is 60.5 Å². The fourth-order valence-corrected chi connectivity index (χ4v) is 6.20. The summed E-state index contributed by atoms with van der Waals surface area (Å²) < 4.78 is 0. The van der Waals surface area contributed by atoms with E-state index in [2.05, 4.69) is 29.3 Å². The molecule has 2 aliphatic rings. The van der Waals surface area contributed by atoms with Crippen LogP contribution in [0.25, 0.3) is 0 Å². The van der Waals surface area contributed by atoms with Crippen molar-refractivity contribution in [2.75, 3.05) is 37.7 Å². The Bertz CT molecular complexity index is 1340. The smallest absolute Gasteiger partial charge is 0.253 e. The molecule has 0 atom stereocenters. The molecule has 0 unspecified atom stereocenters. The van der Waals surface area contributed by atoms with Crippen molar-refractivity contribution in [2.24, 2.45) is 0 Å². The number of anilines is 1. The first-order valence-corrected chi connectivity index (χ1v) is 15.3. The van der Waals surface area contributed by atoms with Gasteiger partial charge in [0.05, 0.1) is 6.67 Å². The molecule has 2 heterocycles. The highest BCUT2D eigenvalue weighted by molar-refractivity contribution is 5.97. The molecule has 3 amide bonds. The fraction of sp³-hybridized carbons (Fsp3) is 0.400. The molecule has 220 valence electrons. The zero-order valence-corrected chi connectivity index (χ0v) is 24.6. The molecule has 0 aromatic heterocycles. The quantitative estimate of drug-likeness (QED) is 0.330. The molecule has 0 saturated carbocycles. The van der Waals surface area contributed by atoms with E-state index >= 15 is 0 Å². The van der Waals surface area contributed by atoms with E-state index in [1.165, 1.54) is 18.4 Å². The molecule has 42 heavy (non-hydrogen) atoms. The molecular weight excluding hydrogens is 524 g/mol. The number of benzene rings is 3. The largest absolute Gasteiger partial charge is 0.354 e. The van der Waals surface area contributed by atoms with Crippen molar-refractivity contribution in [1.82, 2.24) is 15.1 Å². The number of rotatable bonds is 11. The lowest BCUT2D eigenvalue weighted by Crippen LogP contribution is -2.57. The van der Waals surface area contributed by atoms with Gasteiger partial charge < -0.3 is 20.0 Å². The van der Waals surface area contributed by atoms with Gasteiger partial charge in [-0.15, -0.1) is 0 Å². The molecule has 7 heteroatoms. The highest BCUT2D eigenvalue weighted by Gasteiger charge is 2.54. The number of hydrogen-bond donors (Lipinski definition) is 1. The van der Waals surface area contributed by atoms with E-state index in [4.69, 9.17) is 0 Å². The standard InChI is InChI=1S/C35H42N4O3/c1-2-3-6-11-29-16-18-30(19-17-29)33(41)37-24-21-35(22-25-37)34(42)38(27-39(35)31-14-9-5-10-15-31)26-32(40)36-23-20-28-12-7-4-8-13-28/h4-5,7-10,12-19H,2-3,6,11,20-27H2,1H3,(H,36,40). The van der Waals surface area contributed by atoms with E-state index in [1.54, 1.807) is 4.90 Å². The molecule has 1 spiro atoms. The second-order valence-electron chi connectivity index (χ2n) is 11.5. The molecule has 7 nitrogen and oxygen atoms in total. The lowest BCUT2D eigenvalue weighted by atomic mass is 9.85. The van der Waals surface area contributed by atoms with Gasteiger partial charge in [-0.2, -0.15) is 0 Å². The van der Waals surface area contributed by atoms with Gasteiger partial charge in [0, 0.05) is 30.9 Å². The highest BCUT2D eigenvalue weighted by atomic mass is 16.2. The number of carbonyl (C=O) groups excluding carboxylic acids is 3. The van der Waals surface area contributed by atoms with Gasteiger partial charge in [0.1, 0.15) is 12.1 Å². The van der Waals surface area contributed by atoms with Gasteiger partial charge in [0.25, 0.3) is 11.8 Å². The van der Waals surface area contributed by atoms with Crippen molar-refractivity contribution in [3.8, 4) is 0 Å². The van der Waals surface area contributed by atoms with E-state index in [-0.39, 0.29) is 24.3 Å². The number of piperidine rings is 1. The van der Waals surface area contributed by atoms with Crippen LogP contribution in [-0.2, 0) is 22.4 Å². The number of likely N-dealkylation sites (tertiary alicyclic amines) is 1. The van der Waals surface area contributed by atoms with Crippen LogP contribution < -0.4 is 10.2 Å². The van der Waals surface area contributed by atoms with Crippen LogP contribution >= 0.6 is 0 Å². The van der Waals surface area contributed by atoms with E-state index in [0.29, 0.717) is 44.7 Å². The van der Waals surface area contributed by atoms with Crippen molar-refractivity contribution in [3.63, 3.8) is 0 Å². The lowest BCUT2D eigenvalue weighted by Gasteiger charge is -2.43. The van der Waals surface area contributed by atoms with E-state index in [1.807, 2.05) is 77.7 Å². The number of nitrogens with zero attached hydrogens (tertiary/aromatic N) is 3. The molecule has 3 aromatic carbocycles. The molecule has 2 fully saturated rings. The first-order chi connectivity index (χ1) is 20.5. The molecule has 0 aliphatic carbocycles. The SMILES string of the molecule is CCCCCc1ccc(C(=O)N2CCC3(CC2)C(=O)N(CC(=O)NCCc2ccccc2)CN3c2ccccc2)cc1. The molecule has 1 N–H and O–H groups in total. The Kier molecular flexibility index (Phi) is 9.57. The zero-order chi connectivity index (χ0) is 29.4. The average Bonchev–Trinajstić information content (AvgIpc) is 3.28. The minimum atomic E-state index is -0.772. The van der Waals surface area contributed by atoms with Crippen LogP contribution in [0.3, 0.4) is 0 Å². The molecule has 5 rings (SSSR count). The number of para-hydroxylation sites is 1. The Labute approximate surface area is 249 Å². The summed E-state index contributed by atoms with van der Waals surface area (Å²) in [6.45, 7) is 4.07. The van der Waals surface area contributed by atoms with Gasteiger partial charge in [0.15, 0.2) is 0 Å². The van der Waals surface area contributed by atoms with Crippen molar-refractivity contribution in [2.45, 2.75) is 57.4 Å². The summed E-state index contributed by atoms with van der Waals surface area (Å²) in [4.78, 5) is 45.9. The lowest BCUT2D eigenvalue weighted by molar-refractivity contribution is -0.137. The maximum absolute atomic E-state index is 14.0. The topological polar surface area (TPSA) is 73.0 Å². The van der Waals surface area contributed by atoms with Crippen molar-refractivity contribution in [1.29, 1.82) is 0 Å². The number of amides is 3. The first kappa shape index (κ1) is 29.4. The maximum Gasteiger partial charge on any atom is 0.253 e. The van der Waals surface area contributed by atoms with Crippen LogP contribution in [0, 0.1) is 0 Å². The second-order valence-corrected chi connectivity index (χ2v) is 11.5. The molecule has 3 aromatic rings. The Morgan fingerprint density at radius 2 is 1.45 bits per heavy atom. The minimum absolute atomic E-state index is 0.0105. The highest BCUT2D eigenvalue weighted by Crippen LogP contribution is 2.39. The van der Waals surface area contributed by atoms with Gasteiger partial charge >= 0.3 is 0 Å². The summed E-state index contributed by atoms with van der Waals surface area (Å²) in [6.07, 6.45) is 6.39. The van der Waals surface area contributed by atoms with Gasteiger partial charge in [-0.3, -0.25) is 14.4 Å². The molecule has 0 radical (unpaired) electrons. The van der Waals surface area contributed by atoms with Crippen molar-refractivity contribution < 1.29 is 14.4 Å². The van der Waals surface area contributed by atoms with Gasteiger partial charge in [-0.1, -0.05) is 80.4 Å². The predicted octanol–water partition coefficient (Wildman–Crippen LogP) is 5.06. The normalized spacial score (nSPS) is 16.2. The van der Waals surface area contributed by atoms with Crippen LogP contribution in [0.4, 0.5) is 5.69 Å². The van der Waals surface area contributed by atoms with Crippen molar-refractivity contribution in [3.05, 3.63) is 102 Å². The number of aryl methyl sites for hydroxylation is 1. The van der Waals surface area contributed by atoms with E-state index in [0.717, 1.165) is 30.5 Å². The summed E-state index contributed by atoms with van der Waals surface area (Å²) in [5.74, 6) is -0.181. The second kappa shape index (κ2) is 13.7. The van der Waals surface area contributed by atoms with Crippen LogP contribution in [0.2, 0.25) is 0 Å². The van der Waals surface area contributed by atoms with Gasteiger partial charge in [0.2, 0.25) is 5.91 Å². The molecule has 2 aliphatic heterocycles. The van der Waals surface area contributed by atoms with Gasteiger partial charge in [-0.25, -0.2) is 0 Å². The Hall–Kier alpha value is -4.13. The molecule has 0 bridgehead atoms. The first-order valence-electron chi connectivity index (χ1n) is 15.3. The number of hydrogen-bond acceptors (Lipinski definition) is 4. The summed E-state index contributed by atoms with van der Waals surface area (Å²) in [7, 11) is 0. The predicted molar refractivity (Wildman–Crippen MR) is 166 cm³/mol. The fourth-order valence-electron chi connectivity index (χ4n) is 6.20. The molecular formula is C35H42N4O3. The van der Waals surface area contributed by atoms with Gasteiger partial charge in [-0.05, 0) is 67.5 Å².